The van der Waals surface area contributed by atoms with Crippen molar-refractivity contribution in [2.45, 2.75) is 32.9 Å². The number of benzene rings is 1. The second kappa shape index (κ2) is 10.0. The van der Waals surface area contributed by atoms with Gasteiger partial charge < -0.3 is 24.8 Å². The third-order valence-electron chi connectivity index (χ3n) is 6.56. The minimum Gasteiger partial charge on any atom is -0.495 e. The molecule has 0 unspecified atom stereocenters. The molecule has 4 aromatic rings. The Morgan fingerprint density at radius 2 is 1.92 bits per heavy atom. The third kappa shape index (κ3) is 4.53. The Kier molecular flexibility index (Phi) is 6.62. The maximum Gasteiger partial charge on any atom is 0.221 e. The normalized spacial score (nSPS) is 17.0. The van der Waals surface area contributed by atoms with E-state index in [9.17, 15) is 4.79 Å². The van der Waals surface area contributed by atoms with Gasteiger partial charge in [-0.1, -0.05) is 6.07 Å². The summed E-state index contributed by atoms with van der Waals surface area (Å²) in [6.07, 6.45) is 5.42. The van der Waals surface area contributed by atoms with Crippen molar-refractivity contribution in [3.05, 3.63) is 95.8 Å². The molecule has 1 aromatic carbocycles. The highest BCUT2D eigenvalue weighted by atomic mass is 32.1. The Hall–Kier alpha value is -4.24. The molecule has 0 spiro atoms. The molecule has 2 N–H and O–H groups in total. The Morgan fingerprint density at radius 1 is 1.08 bits per heavy atom. The van der Waals surface area contributed by atoms with Crippen molar-refractivity contribution in [1.29, 1.82) is 0 Å². The molecule has 8 nitrogen and oxygen atoms in total. The Bertz CT molecular complexity index is 1450. The number of pyridine rings is 2. The molecule has 1 aliphatic heterocycles. The Morgan fingerprint density at radius 3 is 2.59 bits per heavy atom. The van der Waals surface area contributed by atoms with Crippen LogP contribution in [0.1, 0.15) is 41.7 Å². The van der Waals surface area contributed by atoms with Gasteiger partial charge in [-0.05, 0) is 80.2 Å². The topological polar surface area (TPSA) is 84.3 Å². The first-order chi connectivity index (χ1) is 17.9. The van der Waals surface area contributed by atoms with Gasteiger partial charge in [-0.3, -0.25) is 14.8 Å². The van der Waals surface area contributed by atoms with Crippen LogP contribution in [-0.4, -0.2) is 32.7 Å². The maximum absolute atomic E-state index is 11.9. The summed E-state index contributed by atoms with van der Waals surface area (Å²) < 4.78 is 7.68. The number of methoxy groups -OCH3 is 1. The molecule has 0 radical (unpaired) electrons. The molecule has 1 amide bonds. The fourth-order valence-electron chi connectivity index (χ4n) is 5.05. The Labute approximate surface area is 221 Å². The predicted octanol–water partition coefficient (Wildman–Crippen LogP) is 5.03. The van der Waals surface area contributed by atoms with E-state index in [1.807, 2.05) is 54.7 Å². The number of anilines is 2. The number of hydrogen-bond donors (Lipinski definition) is 2. The maximum atomic E-state index is 11.9. The third-order valence-corrected chi connectivity index (χ3v) is 6.88. The van der Waals surface area contributed by atoms with Crippen molar-refractivity contribution < 1.29 is 9.53 Å². The molecule has 188 valence electrons. The van der Waals surface area contributed by atoms with Crippen LogP contribution in [0.15, 0.2) is 73.2 Å². The molecule has 37 heavy (non-hydrogen) atoms. The first-order valence-electron chi connectivity index (χ1n) is 11.9. The van der Waals surface area contributed by atoms with Crippen LogP contribution in [0.25, 0.3) is 5.69 Å². The molecule has 1 saturated heterocycles. The lowest BCUT2D eigenvalue weighted by Gasteiger charge is -2.29. The number of aromatic nitrogens is 3. The summed E-state index contributed by atoms with van der Waals surface area (Å²) in [6, 6.07) is 17.4. The average molecular weight is 513 g/mol. The van der Waals surface area contributed by atoms with Crippen LogP contribution in [0.4, 0.5) is 11.4 Å². The van der Waals surface area contributed by atoms with Gasteiger partial charge in [0.25, 0.3) is 0 Å². The van der Waals surface area contributed by atoms with Crippen molar-refractivity contribution in [3.63, 3.8) is 0 Å². The van der Waals surface area contributed by atoms with Gasteiger partial charge in [0.05, 0.1) is 42.5 Å². The van der Waals surface area contributed by atoms with E-state index < -0.39 is 0 Å². The van der Waals surface area contributed by atoms with Crippen LogP contribution in [0, 0.1) is 13.8 Å². The number of nitrogens with one attached hydrogen (secondary N) is 2. The van der Waals surface area contributed by atoms with Crippen LogP contribution in [0.3, 0.4) is 0 Å². The monoisotopic (exact) mass is 512 g/mol. The fraction of sp³-hybridized carbons (Fsp3) is 0.214. The number of rotatable bonds is 6. The Balaban J connectivity index is 1.68. The number of ether oxygens (including phenoxy) is 1. The first kappa shape index (κ1) is 24.5. The number of amides is 1. The summed E-state index contributed by atoms with van der Waals surface area (Å²) >= 11 is 5.90. The van der Waals surface area contributed by atoms with Crippen molar-refractivity contribution in [3.8, 4) is 11.4 Å². The molecule has 2 atom stereocenters. The quantitative estimate of drug-likeness (QED) is 0.351. The summed E-state index contributed by atoms with van der Waals surface area (Å²) in [4.78, 5) is 23.0. The van der Waals surface area contributed by atoms with E-state index in [0.717, 1.165) is 34.0 Å². The van der Waals surface area contributed by atoms with Gasteiger partial charge in [0, 0.05) is 36.4 Å². The van der Waals surface area contributed by atoms with Crippen LogP contribution < -0.4 is 20.3 Å². The summed E-state index contributed by atoms with van der Waals surface area (Å²) in [5.74, 6) is 0.394. The van der Waals surface area contributed by atoms with E-state index in [1.165, 1.54) is 6.92 Å². The van der Waals surface area contributed by atoms with Crippen molar-refractivity contribution in [2.75, 3.05) is 17.3 Å². The minimum absolute atomic E-state index is 0.180. The van der Waals surface area contributed by atoms with E-state index in [0.29, 0.717) is 16.5 Å². The van der Waals surface area contributed by atoms with Gasteiger partial charge in [-0.2, -0.15) is 0 Å². The highest BCUT2D eigenvalue weighted by Gasteiger charge is 2.42. The van der Waals surface area contributed by atoms with Gasteiger partial charge in [-0.15, -0.1) is 0 Å². The number of aryl methyl sites for hydroxylation is 1. The molecule has 5 rings (SSSR count). The highest BCUT2D eigenvalue weighted by molar-refractivity contribution is 7.80. The fourth-order valence-corrected chi connectivity index (χ4v) is 5.40. The molecule has 0 aliphatic carbocycles. The summed E-state index contributed by atoms with van der Waals surface area (Å²) in [6.45, 7) is 5.68. The molecule has 1 fully saturated rings. The van der Waals surface area contributed by atoms with E-state index in [4.69, 9.17) is 17.0 Å². The number of hydrogen-bond acceptors (Lipinski definition) is 5. The van der Waals surface area contributed by atoms with E-state index in [2.05, 4.69) is 50.0 Å². The largest absolute Gasteiger partial charge is 0.495 e. The van der Waals surface area contributed by atoms with E-state index in [-0.39, 0.29) is 18.0 Å². The van der Waals surface area contributed by atoms with Gasteiger partial charge >= 0.3 is 0 Å². The standard InChI is InChI=1S/C28H28N6O2S/c1-17-14-22(18(2)33(17)21-8-7-12-29-16-21)27-26(23-9-5-6-13-30-23)32-28(37)34(27)20-10-11-25(36-4)24(15-20)31-19(3)35/h5-16,26-27H,1-4H3,(H,31,35)(H,32,37)/t26-,27+/m0/s1. The van der Waals surface area contributed by atoms with Gasteiger partial charge in [0.2, 0.25) is 5.91 Å². The molecule has 1 aliphatic rings. The minimum atomic E-state index is -0.197. The lowest BCUT2D eigenvalue weighted by molar-refractivity contribution is -0.114. The van der Waals surface area contributed by atoms with Gasteiger partial charge in [0.15, 0.2) is 5.11 Å². The van der Waals surface area contributed by atoms with E-state index in [1.54, 1.807) is 19.5 Å². The summed E-state index contributed by atoms with van der Waals surface area (Å²) in [7, 11) is 1.58. The molecule has 0 saturated carbocycles. The second-order valence-electron chi connectivity index (χ2n) is 8.94. The SMILES string of the molecule is COc1ccc(N2C(=S)N[C@@H](c3ccccn3)[C@H]2c2cc(C)n(-c3cccnc3)c2C)cc1NC(C)=O. The summed E-state index contributed by atoms with van der Waals surface area (Å²) in [5, 5.41) is 6.95. The van der Waals surface area contributed by atoms with Crippen LogP contribution in [0.2, 0.25) is 0 Å². The predicted molar refractivity (Wildman–Crippen MR) is 148 cm³/mol. The molecular weight excluding hydrogens is 484 g/mol. The number of thiocarbonyl (C=S) groups is 1. The number of carbonyl (C=O) groups is 1. The van der Waals surface area contributed by atoms with Crippen molar-refractivity contribution >= 4 is 34.6 Å². The van der Waals surface area contributed by atoms with Crippen molar-refractivity contribution in [1.82, 2.24) is 19.9 Å². The highest BCUT2D eigenvalue weighted by Crippen LogP contribution is 2.45. The van der Waals surface area contributed by atoms with E-state index >= 15 is 0 Å². The number of carbonyl (C=O) groups excluding carboxylic acids is 1. The average Bonchev–Trinajstić information content (AvgIpc) is 3.39. The van der Waals surface area contributed by atoms with Gasteiger partial charge in [-0.25, -0.2) is 0 Å². The van der Waals surface area contributed by atoms with Gasteiger partial charge in [0.1, 0.15) is 5.75 Å². The zero-order chi connectivity index (χ0) is 26.1. The molecule has 9 heteroatoms. The first-order valence-corrected chi connectivity index (χ1v) is 12.4. The molecule has 3 aromatic heterocycles. The molecular formula is C28H28N6O2S. The zero-order valence-corrected chi connectivity index (χ0v) is 21.9. The number of nitrogens with zero attached hydrogens (tertiary/aromatic N) is 4. The zero-order valence-electron chi connectivity index (χ0n) is 21.1. The second-order valence-corrected chi connectivity index (χ2v) is 9.32. The summed E-state index contributed by atoms with van der Waals surface area (Å²) in [5.41, 5.74) is 6.58. The van der Waals surface area contributed by atoms with Crippen LogP contribution >= 0.6 is 12.2 Å². The molecule has 0 bridgehead atoms. The smallest absolute Gasteiger partial charge is 0.221 e. The van der Waals surface area contributed by atoms with Crippen molar-refractivity contribution in [2.24, 2.45) is 0 Å². The van der Waals surface area contributed by atoms with Crippen LogP contribution in [0.5, 0.6) is 5.75 Å². The van der Waals surface area contributed by atoms with Crippen LogP contribution in [-0.2, 0) is 4.79 Å². The lowest BCUT2D eigenvalue weighted by Crippen LogP contribution is -2.29. The lowest BCUT2D eigenvalue weighted by atomic mass is 9.96. The molecule has 4 heterocycles.